The first kappa shape index (κ1) is 15.3. The first-order valence-corrected chi connectivity index (χ1v) is 7.68. The molecule has 1 atom stereocenters. The lowest BCUT2D eigenvalue weighted by atomic mass is 10.1. The molecule has 0 bridgehead atoms. The number of hydrogen-bond donors (Lipinski definition) is 1. The lowest BCUT2D eigenvalue weighted by Crippen LogP contribution is -2.38. The summed E-state index contributed by atoms with van der Waals surface area (Å²) in [4.78, 5) is 40.7. The van der Waals surface area contributed by atoms with Crippen molar-refractivity contribution in [2.75, 3.05) is 13.1 Å². The van der Waals surface area contributed by atoms with Crippen LogP contribution in [-0.2, 0) is 9.53 Å². The van der Waals surface area contributed by atoms with Crippen molar-refractivity contribution < 1.29 is 14.3 Å². The number of para-hydroxylation sites is 1. The summed E-state index contributed by atoms with van der Waals surface area (Å²) in [6.45, 7) is 2.97. The van der Waals surface area contributed by atoms with E-state index in [2.05, 4.69) is 4.98 Å². The molecule has 1 aliphatic heterocycles. The van der Waals surface area contributed by atoms with Gasteiger partial charge in [0.15, 0.2) is 6.10 Å². The molecule has 1 N–H and O–H groups in total. The van der Waals surface area contributed by atoms with E-state index in [0.29, 0.717) is 24.0 Å². The summed E-state index contributed by atoms with van der Waals surface area (Å²) in [5.74, 6) is -0.850. The van der Waals surface area contributed by atoms with Crippen molar-refractivity contribution in [2.24, 2.45) is 0 Å². The van der Waals surface area contributed by atoms with Crippen molar-refractivity contribution >= 4 is 22.8 Å². The smallest absolute Gasteiger partial charge is 0.339 e. The summed E-state index contributed by atoms with van der Waals surface area (Å²) >= 11 is 0. The number of hydrogen-bond acceptors (Lipinski definition) is 4. The molecule has 1 fully saturated rings. The van der Waals surface area contributed by atoms with Crippen LogP contribution in [-0.4, -0.2) is 41.0 Å². The Morgan fingerprint density at radius 3 is 2.65 bits per heavy atom. The van der Waals surface area contributed by atoms with Crippen LogP contribution >= 0.6 is 0 Å². The SMILES string of the molecule is CC(OC(=O)c1cc(=O)[nH]c2ccccc12)C(=O)N1CCCC1. The van der Waals surface area contributed by atoms with Crippen molar-refractivity contribution in [3.8, 4) is 0 Å². The minimum atomic E-state index is -0.862. The number of ether oxygens (including phenoxy) is 1. The van der Waals surface area contributed by atoms with Gasteiger partial charge in [0.25, 0.3) is 5.91 Å². The number of benzene rings is 1. The lowest BCUT2D eigenvalue weighted by molar-refractivity contribution is -0.138. The number of nitrogens with one attached hydrogen (secondary N) is 1. The van der Waals surface area contributed by atoms with E-state index < -0.39 is 12.1 Å². The van der Waals surface area contributed by atoms with Gasteiger partial charge < -0.3 is 14.6 Å². The topological polar surface area (TPSA) is 79.5 Å². The van der Waals surface area contributed by atoms with E-state index in [0.717, 1.165) is 12.8 Å². The number of H-pyrrole nitrogens is 1. The highest BCUT2D eigenvalue weighted by atomic mass is 16.5. The van der Waals surface area contributed by atoms with Gasteiger partial charge in [-0.25, -0.2) is 4.79 Å². The van der Waals surface area contributed by atoms with E-state index in [1.807, 2.05) is 0 Å². The maximum atomic E-state index is 12.4. The summed E-state index contributed by atoms with van der Waals surface area (Å²) in [5, 5.41) is 0.595. The molecule has 0 radical (unpaired) electrons. The zero-order valence-electron chi connectivity index (χ0n) is 12.9. The normalized spacial score (nSPS) is 15.6. The number of aromatic nitrogens is 1. The molecule has 0 saturated carbocycles. The maximum absolute atomic E-state index is 12.4. The summed E-state index contributed by atoms with van der Waals surface area (Å²) in [6.07, 6.45) is 1.09. The van der Waals surface area contributed by atoms with Crippen LogP contribution < -0.4 is 5.56 Å². The molecule has 0 spiro atoms. The van der Waals surface area contributed by atoms with Crippen LogP contribution in [0.3, 0.4) is 0 Å². The van der Waals surface area contributed by atoms with Crippen LogP contribution in [0.1, 0.15) is 30.1 Å². The van der Waals surface area contributed by atoms with Gasteiger partial charge in [-0.1, -0.05) is 18.2 Å². The van der Waals surface area contributed by atoms with Crippen molar-refractivity contribution in [1.82, 2.24) is 9.88 Å². The molecule has 6 nitrogen and oxygen atoms in total. The molecule has 6 heteroatoms. The minimum absolute atomic E-state index is 0.172. The van der Waals surface area contributed by atoms with Crippen molar-refractivity contribution in [3.05, 3.63) is 46.2 Å². The summed E-state index contributed by atoms with van der Waals surface area (Å²) in [5.41, 5.74) is 0.352. The number of esters is 1. The Kier molecular flexibility index (Phi) is 4.14. The van der Waals surface area contributed by atoms with Crippen molar-refractivity contribution in [1.29, 1.82) is 0 Å². The Bertz CT molecular complexity index is 806. The van der Waals surface area contributed by atoms with E-state index in [1.54, 1.807) is 36.1 Å². The number of pyridine rings is 1. The Balaban J connectivity index is 1.83. The van der Waals surface area contributed by atoms with Gasteiger partial charge >= 0.3 is 5.97 Å². The average Bonchev–Trinajstić information content (AvgIpc) is 3.07. The van der Waals surface area contributed by atoms with Gasteiger partial charge in [-0.3, -0.25) is 9.59 Å². The van der Waals surface area contributed by atoms with Gasteiger partial charge in [-0.05, 0) is 25.8 Å². The third-order valence-corrected chi connectivity index (χ3v) is 4.02. The second kappa shape index (κ2) is 6.24. The van der Waals surface area contributed by atoms with Crippen molar-refractivity contribution in [2.45, 2.75) is 25.9 Å². The summed E-state index contributed by atoms with van der Waals surface area (Å²) in [6, 6.07) is 8.20. The first-order chi connectivity index (χ1) is 11.1. The predicted octanol–water partition coefficient (Wildman–Crippen LogP) is 1.70. The highest BCUT2D eigenvalue weighted by Crippen LogP contribution is 2.17. The number of likely N-dealkylation sites (tertiary alicyclic amines) is 1. The second-order valence-corrected chi connectivity index (χ2v) is 5.67. The summed E-state index contributed by atoms with van der Waals surface area (Å²) in [7, 11) is 0. The van der Waals surface area contributed by atoms with Gasteiger partial charge in [-0.2, -0.15) is 0 Å². The van der Waals surface area contributed by atoms with E-state index in [4.69, 9.17) is 4.74 Å². The van der Waals surface area contributed by atoms with E-state index in [1.165, 1.54) is 6.07 Å². The predicted molar refractivity (Wildman–Crippen MR) is 85.3 cm³/mol. The van der Waals surface area contributed by atoms with Crippen LogP contribution in [0.25, 0.3) is 10.9 Å². The molecule has 1 aromatic carbocycles. The Morgan fingerprint density at radius 2 is 1.91 bits per heavy atom. The highest BCUT2D eigenvalue weighted by molar-refractivity contribution is 6.03. The summed E-state index contributed by atoms with van der Waals surface area (Å²) < 4.78 is 5.29. The van der Waals surface area contributed by atoms with Gasteiger partial charge in [0.1, 0.15) is 0 Å². The van der Waals surface area contributed by atoms with Gasteiger partial charge in [-0.15, -0.1) is 0 Å². The molecule has 1 amide bonds. The number of aromatic amines is 1. The molecule has 2 heterocycles. The standard InChI is InChI=1S/C17H18N2O4/c1-11(16(21)19-8-4-5-9-19)23-17(22)13-10-15(20)18-14-7-3-2-6-12(13)14/h2-3,6-7,10-11H,4-5,8-9H2,1H3,(H,18,20). The molecule has 1 aromatic heterocycles. The molecule has 120 valence electrons. The second-order valence-electron chi connectivity index (χ2n) is 5.67. The number of carbonyl (C=O) groups is 2. The average molecular weight is 314 g/mol. The minimum Gasteiger partial charge on any atom is -0.449 e. The molecule has 23 heavy (non-hydrogen) atoms. The van der Waals surface area contributed by atoms with Gasteiger partial charge in [0.05, 0.1) is 5.56 Å². The number of fused-ring (bicyclic) bond motifs is 1. The third kappa shape index (κ3) is 3.11. The lowest BCUT2D eigenvalue weighted by Gasteiger charge is -2.20. The van der Waals surface area contributed by atoms with Crippen molar-refractivity contribution in [3.63, 3.8) is 0 Å². The number of nitrogens with zero attached hydrogens (tertiary/aromatic N) is 1. The Hall–Kier alpha value is -2.63. The molecular weight excluding hydrogens is 296 g/mol. The van der Waals surface area contributed by atoms with E-state index in [9.17, 15) is 14.4 Å². The highest BCUT2D eigenvalue weighted by Gasteiger charge is 2.26. The number of rotatable bonds is 3. The fourth-order valence-corrected chi connectivity index (χ4v) is 2.84. The Morgan fingerprint density at radius 1 is 1.22 bits per heavy atom. The molecule has 1 aliphatic rings. The largest absolute Gasteiger partial charge is 0.449 e. The molecule has 2 aromatic rings. The Labute approximate surface area is 133 Å². The molecule has 3 rings (SSSR count). The molecule has 1 unspecified atom stereocenters. The number of amides is 1. The van der Waals surface area contributed by atoms with Gasteiger partial charge in [0.2, 0.25) is 5.56 Å². The van der Waals surface area contributed by atoms with Crippen LogP contribution in [0.15, 0.2) is 35.1 Å². The first-order valence-electron chi connectivity index (χ1n) is 7.68. The maximum Gasteiger partial charge on any atom is 0.339 e. The molecule has 1 saturated heterocycles. The van der Waals surface area contributed by atoms with E-state index >= 15 is 0 Å². The molecular formula is C17H18N2O4. The van der Waals surface area contributed by atoms with Crippen LogP contribution in [0.4, 0.5) is 0 Å². The zero-order valence-corrected chi connectivity index (χ0v) is 12.9. The quantitative estimate of drug-likeness (QED) is 0.875. The van der Waals surface area contributed by atoms with E-state index in [-0.39, 0.29) is 17.0 Å². The fraction of sp³-hybridized carbons (Fsp3) is 0.353. The van der Waals surface area contributed by atoms with Crippen LogP contribution in [0.5, 0.6) is 0 Å². The van der Waals surface area contributed by atoms with Crippen LogP contribution in [0, 0.1) is 0 Å². The zero-order chi connectivity index (χ0) is 16.4. The molecule has 0 aliphatic carbocycles. The van der Waals surface area contributed by atoms with Crippen LogP contribution in [0.2, 0.25) is 0 Å². The fourth-order valence-electron chi connectivity index (χ4n) is 2.84. The van der Waals surface area contributed by atoms with Gasteiger partial charge in [0, 0.05) is 30.1 Å². The monoisotopic (exact) mass is 314 g/mol. The third-order valence-electron chi connectivity index (χ3n) is 4.02. The number of carbonyl (C=O) groups excluding carboxylic acids is 2.